The highest BCUT2D eigenvalue weighted by molar-refractivity contribution is 8.15. The van der Waals surface area contributed by atoms with E-state index in [0.29, 0.717) is 12.2 Å². The molecule has 1 N–H and O–H groups in total. The molecule has 2 aromatic carbocycles. The fourth-order valence-corrected chi connectivity index (χ4v) is 3.62. The zero-order valence-corrected chi connectivity index (χ0v) is 15.9. The van der Waals surface area contributed by atoms with Gasteiger partial charge in [0, 0.05) is 5.69 Å². The Balaban J connectivity index is 1.66. The average Bonchev–Trinajstić information content (AvgIpc) is 2.90. The van der Waals surface area contributed by atoms with Crippen molar-refractivity contribution in [2.75, 3.05) is 11.9 Å². The molecule has 0 aliphatic carbocycles. The number of hydrogen-bond acceptors (Lipinski definition) is 6. The molecule has 0 radical (unpaired) electrons. The number of carbonyl (C=O) groups excluding carboxylic acids is 3. The van der Waals surface area contributed by atoms with Gasteiger partial charge in [-0.2, -0.15) is 0 Å². The van der Waals surface area contributed by atoms with E-state index in [9.17, 15) is 14.4 Å². The summed E-state index contributed by atoms with van der Waals surface area (Å²) >= 11 is 0.969. The van der Waals surface area contributed by atoms with E-state index in [1.165, 1.54) is 4.90 Å². The third-order valence-corrected chi connectivity index (χ3v) is 5.03. The van der Waals surface area contributed by atoms with Gasteiger partial charge in [-0.05, 0) is 61.0 Å². The Labute approximate surface area is 161 Å². The minimum atomic E-state index is -0.641. The van der Waals surface area contributed by atoms with E-state index in [2.05, 4.69) is 5.32 Å². The second-order valence-corrected chi connectivity index (χ2v) is 7.18. The van der Waals surface area contributed by atoms with Gasteiger partial charge in [-0.25, -0.2) is 4.79 Å². The van der Waals surface area contributed by atoms with E-state index in [-0.39, 0.29) is 17.7 Å². The van der Waals surface area contributed by atoms with Crippen LogP contribution in [0.5, 0.6) is 0 Å². The number of imide groups is 1. The number of anilines is 1. The van der Waals surface area contributed by atoms with Crippen LogP contribution in [0, 0.1) is 6.92 Å². The zero-order valence-electron chi connectivity index (χ0n) is 15.1. The van der Waals surface area contributed by atoms with E-state index < -0.39 is 11.3 Å². The Morgan fingerprint density at radius 2 is 1.93 bits per heavy atom. The molecule has 1 unspecified atom stereocenters. The van der Waals surface area contributed by atoms with Crippen molar-refractivity contribution in [1.29, 1.82) is 0 Å². The number of benzene rings is 2. The van der Waals surface area contributed by atoms with Crippen LogP contribution in [-0.2, 0) is 16.1 Å². The summed E-state index contributed by atoms with van der Waals surface area (Å²) in [5, 5.41) is 2.17. The lowest BCUT2D eigenvalue weighted by atomic mass is 10.1. The van der Waals surface area contributed by atoms with E-state index >= 15 is 0 Å². The SMILES string of the molecule is CCOC(=O)c1ccc(CN2C(=O)SC(Nc3cccc(C)c3)C2=O)cc1. The van der Waals surface area contributed by atoms with Crippen LogP contribution in [0.3, 0.4) is 0 Å². The van der Waals surface area contributed by atoms with Crippen LogP contribution >= 0.6 is 11.8 Å². The molecule has 7 heteroatoms. The predicted octanol–water partition coefficient (Wildman–Crippen LogP) is 3.81. The molecule has 0 bridgehead atoms. The molecule has 140 valence electrons. The van der Waals surface area contributed by atoms with Crippen molar-refractivity contribution in [3.05, 3.63) is 65.2 Å². The van der Waals surface area contributed by atoms with Crippen LogP contribution in [0.1, 0.15) is 28.4 Å². The molecule has 6 nitrogen and oxygen atoms in total. The van der Waals surface area contributed by atoms with Gasteiger partial charge < -0.3 is 10.1 Å². The molecule has 1 heterocycles. The Bertz CT molecular complexity index is 867. The second kappa shape index (κ2) is 8.26. The minimum Gasteiger partial charge on any atom is -0.462 e. The number of nitrogens with zero attached hydrogens (tertiary/aromatic N) is 1. The average molecular weight is 384 g/mol. The van der Waals surface area contributed by atoms with Gasteiger partial charge in [-0.15, -0.1) is 0 Å². The number of carbonyl (C=O) groups is 3. The van der Waals surface area contributed by atoms with Crippen molar-refractivity contribution in [1.82, 2.24) is 4.90 Å². The summed E-state index contributed by atoms with van der Waals surface area (Å²) < 4.78 is 4.95. The van der Waals surface area contributed by atoms with Gasteiger partial charge in [-0.3, -0.25) is 14.5 Å². The van der Waals surface area contributed by atoms with E-state index in [1.807, 2.05) is 31.2 Å². The van der Waals surface area contributed by atoms with Crippen molar-refractivity contribution in [2.24, 2.45) is 0 Å². The number of ether oxygens (including phenoxy) is 1. The lowest BCUT2D eigenvalue weighted by molar-refractivity contribution is -0.126. The monoisotopic (exact) mass is 384 g/mol. The maximum Gasteiger partial charge on any atom is 0.338 e. The third kappa shape index (κ3) is 4.49. The quantitative estimate of drug-likeness (QED) is 0.764. The molecule has 3 rings (SSSR count). The van der Waals surface area contributed by atoms with Crippen LogP contribution in [0.25, 0.3) is 0 Å². The van der Waals surface area contributed by atoms with Gasteiger partial charge in [0.2, 0.25) is 0 Å². The number of rotatable bonds is 6. The summed E-state index contributed by atoms with van der Waals surface area (Å²) in [6.45, 7) is 4.19. The highest BCUT2D eigenvalue weighted by Gasteiger charge is 2.39. The summed E-state index contributed by atoms with van der Waals surface area (Å²) in [5.41, 5.74) is 3.07. The van der Waals surface area contributed by atoms with Gasteiger partial charge in [0.25, 0.3) is 11.1 Å². The van der Waals surface area contributed by atoms with Crippen LogP contribution < -0.4 is 5.32 Å². The Morgan fingerprint density at radius 1 is 1.19 bits per heavy atom. The zero-order chi connectivity index (χ0) is 19.4. The summed E-state index contributed by atoms with van der Waals surface area (Å²) in [6, 6.07) is 14.4. The van der Waals surface area contributed by atoms with Crippen LogP contribution in [0.15, 0.2) is 48.5 Å². The van der Waals surface area contributed by atoms with Crippen molar-refractivity contribution >= 4 is 34.6 Å². The smallest absolute Gasteiger partial charge is 0.338 e. The van der Waals surface area contributed by atoms with Gasteiger partial charge in [0.15, 0.2) is 5.37 Å². The van der Waals surface area contributed by atoms with Crippen molar-refractivity contribution in [3.8, 4) is 0 Å². The number of nitrogens with one attached hydrogen (secondary N) is 1. The topological polar surface area (TPSA) is 75.7 Å². The summed E-state index contributed by atoms with van der Waals surface area (Å²) in [5.74, 6) is -0.670. The largest absolute Gasteiger partial charge is 0.462 e. The first-order valence-corrected chi connectivity index (χ1v) is 9.47. The summed E-state index contributed by atoms with van der Waals surface area (Å²) in [7, 11) is 0. The van der Waals surface area contributed by atoms with Crippen LogP contribution in [-0.4, -0.2) is 34.0 Å². The molecular weight excluding hydrogens is 364 g/mol. The third-order valence-electron chi connectivity index (χ3n) is 4.05. The predicted molar refractivity (Wildman–Crippen MR) is 105 cm³/mol. The first-order chi connectivity index (χ1) is 13.0. The first kappa shape index (κ1) is 19.0. The van der Waals surface area contributed by atoms with E-state index in [4.69, 9.17) is 4.74 Å². The molecule has 1 aliphatic rings. The molecule has 2 aromatic rings. The van der Waals surface area contributed by atoms with E-state index in [0.717, 1.165) is 28.6 Å². The molecule has 0 spiro atoms. The molecule has 27 heavy (non-hydrogen) atoms. The van der Waals surface area contributed by atoms with Crippen LogP contribution in [0.4, 0.5) is 10.5 Å². The highest BCUT2D eigenvalue weighted by Crippen LogP contribution is 2.29. The molecule has 1 aliphatic heterocycles. The highest BCUT2D eigenvalue weighted by atomic mass is 32.2. The van der Waals surface area contributed by atoms with Gasteiger partial charge in [-0.1, -0.05) is 24.3 Å². The number of hydrogen-bond donors (Lipinski definition) is 1. The van der Waals surface area contributed by atoms with Gasteiger partial charge >= 0.3 is 5.97 Å². The first-order valence-electron chi connectivity index (χ1n) is 8.59. The second-order valence-electron chi connectivity index (χ2n) is 6.12. The lowest BCUT2D eigenvalue weighted by Crippen LogP contribution is -2.33. The molecule has 0 aromatic heterocycles. The van der Waals surface area contributed by atoms with Crippen molar-refractivity contribution in [2.45, 2.75) is 25.8 Å². The van der Waals surface area contributed by atoms with Crippen LogP contribution in [0.2, 0.25) is 0 Å². The lowest BCUT2D eigenvalue weighted by Gasteiger charge is -2.15. The summed E-state index contributed by atoms with van der Waals surface area (Å²) in [6.07, 6.45) is 0. The molecule has 1 fully saturated rings. The molecule has 2 amide bonds. The fourth-order valence-electron chi connectivity index (χ4n) is 2.71. The Hall–Kier alpha value is -2.80. The normalized spacial score (nSPS) is 16.5. The molecule has 0 saturated carbocycles. The maximum absolute atomic E-state index is 12.6. The number of amides is 2. The fraction of sp³-hybridized carbons (Fsp3) is 0.250. The number of esters is 1. The maximum atomic E-state index is 12.6. The van der Waals surface area contributed by atoms with E-state index in [1.54, 1.807) is 31.2 Å². The van der Waals surface area contributed by atoms with Crippen molar-refractivity contribution in [3.63, 3.8) is 0 Å². The minimum absolute atomic E-state index is 0.166. The molecule has 1 atom stereocenters. The Morgan fingerprint density at radius 3 is 2.59 bits per heavy atom. The number of aryl methyl sites for hydroxylation is 1. The summed E-state index contributed by atoms with van der Waals surface area (Å²) in [4.78, 5) is 37.8. The van der Waals surface area contributed by atoms with Crippen molar-refractivity contribution < 1.29 is 19.1 Å². The standard InChI is InChI=1S/C20H20N2O4S/c1-3-26-19(24)15-9-7-14(8-10-15)12-22-18(23)17(27-20(22)25)21-16-6-4-5-13(2)11-16/h4-11,17,21H,3,12H2,1-2H3. The Kier molecular flexibility index (Phi) is 5.81. The van der Waals surface area contributed by atoms with Gasteiger partial charge in [0.1, 0.15) is 0 Å². The van der Waals surface area contributed by atoms with Gasteiger partial charge in [0.05, 0.1) is 18.7 Å². The molecular formula is C20H20N2O4S. The number of thioether (sulfide) groups is 1. The molecule has 1 saturated heterocycles.